The van der Waals surface area contributed by atoms with Crippen LogP contribution in [0.3, 0.4) is 0 Å². The quantitative estimate of drug-likeness (QED) is 0.679. The lowest BCUT2D eigenvalue weighted by atomic mass is 10.1. The van der Waals surface area contributed by atoms with Crippen molar-refractivity contribution in [3.8, 4) is 0 Å². The van der Waals surface area contributed by atoms with E-state index in [4.69, 9.17) is 0 Å². The molecule has 22 heavy (non-hydrogen) atoms. The number of aliphatic hydroxyl groups is 1. The number of para-hydroxylation sites is 1. The number of nitrogens with one attached hydrogen (secondary N) is 2. The van der Waals surface area contributed by atoms with Crippen molar-refractivity contribution in [3.63, 3.8) is 0 Å². The van der Waals surface area contributed by atoms with Gasteiger partial charge in [0.15, 0.2) is 0 Å². The number of hydrogen-bond donors (Lipinski definition) is 3. The molecule has 0 saturated heterocycles. The minimum atomic E-state index is -0.244. The smallest absolute Gasteiger partial charge is 0.319 e. The van der Waals surface area contributed by atoms with Crippen molar-refractivity contribution < 1.29 is 9.90 Å². The van der Waals surface area contributed by atoms with Crippen LogP contribution in [0.25, 0.3) is 0 Å². The highest BCUT2D eigenvalue weighted by Crippen LogP contribution is 2.24. The molecule has 1 aromatic carbocycles. The van der Waals surface area contributed by atoms with Gasteiger partial charge in [0.05, 0.1) is 5.69 Å². The fourth-order valence-electron chi connectivity index (χ4n) is 2.07. The van der Waals surface area contributed by atoms with Crippen molar-refractivity contribution >= 4 is 34.8 Å². The molecule has 0 spiro atoms. The number of aliphatic hydroxyl groups excluding tert-OH is 1. The van der Waals surface area contributed by atoms with Crippen LogP contribution < -0.4 is 10.6 Å². The number of rotatable bonds is 7. The number of thioether (sulfide) groups is 1. The van der Waals surface area contributed by atoms with Gasteiger partial charge in [0.1, 0.15) is 0 Å². The van der Waals surface area contributed by atoms with Gasteiger partial charge in [0, 0.05) is 28.8 Å². The maximum absolute atomic E-state index is 12.0. The van der Waals surface area contributed by atoms with E-state index in [9.17, 15) is 9.90 Å². The lowest BCUT2D eigenvalue weighted by molar-refractivity contribution is 0.218. The number of carbonyl (C=O) groups excluding carboxylic acids is 1. The maximum Gasteiger partial charge on any atom is 0.319 e. The molecule has 1 aromatic heterocycles. The van der Waals surface area contributed by atoms with Crippen molar-refractivity contribution in [3.05, 3.63) is 46.7 Å². The number of amides is 2. The fraction of sp³-hybridized carbons (Fsp3) is 0.312. The third-order valence-corrected chi connectivity index (χ3v) is 4.93. The molecule has 0 radical (unpaired) electrons. The van der Waals surface area contributed by atoms with E-state index in [0.29, 0.717) is 6.54 Å². The van der Waals surface area contributed by atoms with Crippen LogP contribution in [0.1, 0.15) is 4.88 Å². The second-order valence-corrected chi connectivity index (χ2v) is 6.75. The monoisotopic (exact) mass is 336 g/mol. The van der Waals surface area contributed by atoms with E-state index in [1.54, 1.807) is 23.1 Å². The molecule has 0 aliphatic heterocycles. The molecule has 3 N–H and O–H groups in total. The first-order chi connectivity index (χ1) is 10.7. The molecular formula is C16H20N2O2S2. The van der Waals surface area contributed by atoms with Gasteiger partial charge < -0.3 is 15.7 Å². The highest BCUT2D eigenvalue weighted by molar-refractivity contribution is 7.98. The fourth-order valence-corrected chi connectivity index (χ4v) is 3.44. The number of benzene rings is 1. The zero-order valence-corrected chi connectivity index (χ0v) is 14.0. The van der Waals surface area contributed by atoms with Crippen molar-refractivity contribution in [1.29, 1.82) is 0 Å². The molecule has 0 fully saturated rings. The molecule has 1 heterocycles. The molecular weight excluding hydrogens is 316 g/mol. The van der Waals surface area contributed by atoms with Crippen molar-refractivity contribution in [2.45, 2.75) is 11.3 Å². The van der Waals surface area contributed by atoms with E-state index in [0.717, 1.165) is 17.0 Å². The standard InChI is InChI=1S/C16H20N2O2S2/c1-21-15-7-3-2-6-14(15)18-16(20)17-10-12(11-19)9-13-5-4-8-22-13/h2-8,12,19H,9-11H2,1H3,(H2,17,18,20). The summed E-state index contributed by atoms with van der Waals surface area (Å²) >= 11 is 3.25. The molecule has 0 bridgehead atoms. The highest BCUT2D eigenvalue weighted by Gasteiger charge is 2.12. The predicted octanol–water partition coefficient (Wildman–Crippen LogP) is 3.44. The van der Waals surface area contributed by atoms with E-state index in [1.165, 1.54) is 4.88 Å². The first-order valence-electron chi connectivity index (χ1n) is 7.04. The third-order valence-electron chi connectivity index (χ3n) is 3.23. The molecule has 0 aliphatic rings. The van der Waals surface area contributed by atoms with Crippen molar-refractivity contribution in [2.75, 3.05) is 24.7 Å². The summed E-state index contributed by atoms with van der Waals surface area (Å²) in [5, 5.41) is 17.1. The average molecular weight is 336 g/mol. The normalized spacial score (nSPS) is 11.9. The van der Waals surface area contributed by atoms with E-state index in [-0.39, 0.29) is 18.6 Å². The number of carbonyl (C=O) groups is 1. The molecule has 0 aliphatic carbocycles. The minimum Gasteiger partial charge on any atom is -0.396 e. The van der Waals surface area contributed by atoms with Crippen LogP contribution in [0.4, 0.5) is 10.5 Å². The molecule has 2 amide bonds. The maximum atomic E-state index is 12.0. The SMILES string of the molecule is CSc1ccccc1NC(=O)NCC(CO)Cc1cccs1. The molecule has 2 rings (SSSR count). The van der Waals surface area contributed by atoms with E-state index >= 15 is 0 Å². The van der Waals surface area contributed by atoms with Gasteiger partial charge in [-0.05, 0) is 36.3 Å². The number of anilines is 1. The Morgan fingerprint density at radius 3 is 2.82 bits per heavy atom. The topological polar surface area (TPSA) is 61.4 Å². The summed E-state index contributed by atoms with van der Waals surface area (Å²) in [6, 6.07) is 11.5. The summed E-state index contributed by atoms with van der Waals surface area (Å²) in [5.41, 5.74) is 0.798. The Kier molecular flexibility index (Phi) is 6.76. The third kappa shape index (κ3) is 5.05. The Hall–Kier alpha value is -1.50. The lowest BCUT2D eigenvalue weighted by Crippen LogP contribution is -2.35. The first-order valence-corrected chi connectivity index (χ1v) is 9.14. The Labute approximate surface area is 138 Å². The van der Waals surface area contributed by atoms with Crippen LogP contribution in [0, 0.1) is 5.92 Å². The lowest BCUT2D eigenvalue weighted by Gasteiger charge is -2.15. The van der Waals surface area contributed by atoms with Crippen molar-refractivity contribution in [1.82, 2.24) is 5.32 Å². The summed E-state index contributed by atoms with van der Waals surface area (Å²) in [7, 11) is 0. The Bertz CT molecular complexity index is 588. The molecule has 1 unspecified atom stereocenters. The second-order valence-electron chi connectivity index (χ2n) is 4.87. The van der Waals surface area contributed by atoms with Gasteiger partial charge in [0.2, 0.25) is 0 Å². The minimum absolute atomic E-state index is 0.0280. The zero-order valence-electron chi connectivity index (χ0n) is 12.4. The molecule has 118 valence electrons. The highest BCUT2D eigenvalue weighted by atomic mass is 32.2. The Morgan fingerprint density at radius 1 is 1.32 bits per heavy atom. The van der Waals surface area contributed by atoms with Crippen LogP contribution in [0.15, 0.2) is 46.7 Å². The molecule has 1 atom stereocenters. The van der Waals surface area contributed by atoms with Crippen LogP contribution >= 0.6 is 23.1 Å². The predicted molar refractivity (Wildman–Crippen MR) is 93.8 cm³/mol. The summed E-state index contributed by atoms with van der Waals surface area (Å²) in [6.45, 7) is 0.501. The van der Waals surface area contributed by atoms with Crippen LogP contribution in [-0.4, -0.2) is 30.5 Å². The van der Waals surface area contributed by atoms with E-state index in [2.05, 4.69) is 10.6 Å². The van der Waals surface area contributed by atoms with Crippen molar-refractivity contribution in [2.24, 2.45) is 5.92 Å². The first kappa shape index (κ1) is 16.9. The van der Waals surface area contributed by atoms with Gasteiger partial charge in [-0.15, -0.1) is 23.1 Å². The van der Waals surface area contributed by atoms with E-state index < -0.39 is 0 Å². The molecule has 0 saturated carbocycles. The van der Waals surface area contributed by atoms with Gasteiger partial charge in [-0.25, -0.2) is 4.79 Å². The van der Waals surface area contributed by atoms with Gasteiger partial charge in [-0.3, -0.25) is 0 Å². The van der Waals surface area contributed by atoms with Crippen LogP contribution in [0.5, 0.6) is 0 Å². The molecule has 4 nitrogen and oxygen atoms in total. The Balaban J connectivity index is 1.83. The average Bonchev–Trinajstić information content (AvgIpc) is 3.05. The summed E-state index contributed by atoms with van der Waals surface area (Å²) in [6.07, 6.45) is 2.75. The zero-order chi connectivity index (χ0) is 15.8. The van der Waals surface area contributed by atoms with Gasteiger partial charge in [-0.1, -0.05) is 18.2 Å². The summed E-state index contributed by atoms with van der Waals surface area (Å²) in [4.78, 5) is 14.2. The van der Waals surface area contributed by atoms with Gasteiger partial charge in [0.25, 0.3) is 0 Å². The summed E-state index contributed by atoms with van der Waals surface area (Å²) < 4.78 is 0. The Morgan fingerprint density at radius 2 is 2.14 bits per heavy atom. The second kappa shape index (κ2) is 8.82. The largest absolute Gasteiger partial charge is 0.396 e. The van der Waals surface area contributed by atoms with Gasteiger partial charge in [-0.2, -0.15) is 0 Å². The summed E-state index contributed by atoms with van der Waals surface area (Å²) in [5.74, 6) is 0.0280. The van der Waals surface area contributed by atoms with Gasteiger partial charge >= 0.3 is 6.03 Å². The molecule has 6 heteroatoms. The van der Waals surface area contributed by atoms with E-state index in [1.807, 2.05) is 48.0 Å². The van der Waals surface area contributed by atoms with Crippen LogP contribution in [0.2, 0.25) is 0 Å². The van der Waals surface area contributed by atoms with Crippen LogP contribution in [-0.2, 0) is 6.42 Å². The molecule has 2 aromatic rings. The number of hydrogen-bond acceptors (Lipinski definition) is 4. The number of thiophene rings is 1. The number of urea groups is 1.